The molecule has 1 aliphatic carbocycles. The van der Waals surface area contributed by atoms with Crippen molar-refractivity contribution < 1.29 is 19.4 Å². The van der Waals surface area contributed by atoms with Crippen molar-refractivity contribution in [2.75, 3.05) is 6.61 Å². The van der Waals surface area contributed by atoms with Crippen molar-refractivity contribution in [1.82, 2.24) is 0 Å². The molecule has 0 saturated carbocycles. The van der Waals surface area contributed by atoms with Crippen LogP contribution in [-0.4, -0.2) is 29.6 Å². The molecule has 0 bridgehead atoms. The second-order valence-corrected chi connectivity index (χ2v) is 5.57. The molecule has 0 aromatic rings. The second-order valence-electron chi connectivity index (χ2n) is 4.55. The number of ketones is 1. The number of aliphatic hydroxyl groups excluding tert-OH is 1. The Labute approximate surface area is 121 Å². The molecule has 4 nitrogen and oxygen atoms in total. The molecular weight excluding hydrogens is 312 g/mol. The molecule has 1 unspecified atom stereocenters. The van der Waals surface area contributed by atoms with Crippen LogP contribution in [0, 0.1) is 0 Å². The Hall–Kier alpha value is -0.940. The van der Waals surface area contributed by atoms with Gasteiger partial charge in [-0.15, -0.1) is 0 Å². The van der Waals surface area contributed by atoms with Gasteiger partial charge < -0.3 is 9.84 Å². The van der Waals surface area contributed by atoms with E-state index in [1.807, 2.05) is 6.08 Å². The lowest BCUT2D eigenvalue weighted by atomic mass is 10.1. The molecular formula is C14H19BrO4. The summed E-state index contributed by atoms with van der Waals surface area (Å²) in [6.45, 7) is 1.86. The van der Waals surface area contributed by atoms with Gasteiger partial charge in [0.15, 0.2) is 5.78 Å². The Kier molecular flexibility index (Phi) is 7.02. The highest BCUT2D eigenvalue weighted by Crippen LogP contribution is 2.25. The van der Waals surface area contributed by atoms with Crippen molar-refractivity contribution in [3.8, 4) is 0 Å². The number of unbranched alkanes of at least 4 members (excludes halogenated alkanes) is 2. The number of carbonyl (C=O) groups excluding carboxylic acids is 2. The SMILES string of the molecule is CC(=O)OCCCCC=C(Br)CC1=CC(O)CC1=O. The summed E-state index contributed by atoms with van der Waals surface area (Å²) in [5, 5.41) is 9.33. The molecule has 1 N–H and O–H groups in total. The van der Waals surface area contributed by atoms with Crippen LogP contribution < -0.4 is 0 Å². The molecule has 1 aliphatic rings. The van der Waals surface area contributed by atoms with Crippen molar-refractivity contribution >= 4 is 27.7 Å². The molecule has 0 aliphatic heterocycles. The highest BCUT2D eigenvalue weighted by Gasteiger charge is 2.21. The van der Waals surface area contributed by atoms with E-state index in [2.05, 4.69) is 15.9 Å². The monoisotopic (exact) mass is 330 g/mol. The Morgan fingerprint density at radius 1 is 1.58 bits per heavy atom. The van der Waals surface area contributed by atoms with Crippen molar-refractivity contribution in [2.45, 2.75) is 45.1 Å². The van der Waals surface area contributed by atoms with Crippen LogP contribution in [0.15, 0.2) is 22.2 Å². The predicted molar refractivity (Wildman–Crippen MR) is 75.8 cm³/mol. The van der Waals surface area contributed by atoms with Gasteiger partial charge in [-0.3, -0.25) is 9.59 Å². The standard InChI is InChI=1S/C14H19BrO4/c1-10(16)19-6-4-2-3-5-12(15)7-11-8-13(17)9-14(11)18/h5,8,13,17H,2-4,6-7,9H2,1H3. The van der Waals surface area contributed by atoms with Crippen molar-refractivity contribution in [3.05, 3.63) is 22.2 Å². The number of ether oxygens (including phenoxy) is 1. The summed E-state index contributed by atoms with van der Waals surface area (Å²) >= 11 is 3.43. The van der Waals surface area contributed by atoms with Crippen molar-refractivity contribution in [2.24, 2.45) is 0 Å². The highest BCUT2D eigenvalue weighted by molar-refractivity contribution is 9.11. The number of rotatable bonds is 7. The van der Waals surface area contributed by atoms with E-state index in [0.29, 0.717) is 18.6 Å². The number of Topliss-reactive ketones (excluding diaryl/α,β-unsaturated/α-hetero) is 1. The fourth-order valence-corrected chi connectivity index (χ4v) is 2.37. The molecule has 0 heterocycles. The maximum atomic E-state index is 11.5. The fraction of sp³-hybridized carbons (Fsp3) is 0.571. The lowest BCUT2D eigenvalue weighted by molar-refractivity contribution is -0.141. The van der Waals surface area contributed by atoms with Gasteiger partial charge in [-0.1, -0.05) is 22.0 Å². The van der Waals surface area contributed by atoms with E-state index in [-0.39, 0.29) is 18.2 Å². The van der Waals surface area contributed by atoms with Crippen LogP contribution in [0.4, 0.5) is 0 Å². The number of carbonyl (C=O) groups is 2. The molecule has 106 valence electrons. The lowest BCUT2D eigenvalue weighted by Crippen LogP contribution is -2.01. The summed E-state index contributed by atoms with van der Waals surface area (Å²) in [5.41, 5.74) is 0.676. The van der Waals surface area contributed by atoms with Crippen LogP contribution in [0.2, 0.25) is 0 Å². The highest BCUT2D eigenvalue weighted by atomic mass is 79.9. The summed E-state index contributed by atoms with van der Waals surface area (Å²) in [6.07, 6.45) is 6.40. The molecule has 0 saturated heterocycles. The Morgan fingerprint density at radius 2 is 2.32 bits per heavy atom. The third kappa shape index (κ3) is 6.68. The smallest absolute Gasteiger partial charge is 0.302 e. The molecule has 1 atom stereocenters. The summed E-state index contributed by atoms with van der Waals surface area (Å²) in [7, 11) is 0. The minimum Gasteiger partial charge on any atom is -0.466 e. The van der Waals surface area contributed by atoms with Gasteiger partial charge in [-0.2, -0.15) is 0 Å². The molecule has 0 aromatic heterocycles. The van der Waals surface area contributed by atoms with E-state index in [4.69, 9.17) is 4.74 Å². The molecule has 5 heteroatoms. The van der Waals surface area contributed by atoms with Crippen molar-refractivity contribution in [3.63, 3.8) is 0 Å². The topological polar surface area (TPSA) is 63.6 Å². The van der Waals surface area contributed by atoms with Gasteiger partial charge in [0.2, 0.25) is 0 Å². The number of allylic oxidation sites excluding steroid dienone is 3. The van der Waals surface area contributed by atoms with Gasteiger partial charge in [0.05, 0.1) is 12.7 Å². The van der Waals surface area contributed by atoms with Gasteiger partial charge >= 0.3 is 5.97 Å². The average Bonchev–Trinajstić information content (AvgIpc) is 2.62. The van der Waals surface area contributed by atoms with E-state index in [1.165, 1.54) is 6.92 Å². The number of hydrogen-bond donors (Lipinski definition) is 1. The normalized spacial score (nSPS) is 19.5. The van der Waals surface area contributed by atoms with Gasteiger partial charge in [-0.25, -0.2) is 0 Å². The minimum atomic E-state index is -0.619. The van der Waals surface area contributed by atoms with Crippen LogP contribution in [-0.2, 0) is 14.3 Å². The zero-order valence-electron chi connectivity index (χ0n) is 11.0. The lowest BCUT2D eigenvalue weighted by Gasteiger charge is -2.01. The molecule has 0 radical (unpaired) electrons. The molecule has 0 amide bonds. The summed E-state index contributed by atoms with van der Waals surface area (Å²) in [4.78, 5) is 22.0. The second kappa shape index (κ2) is 8.27. The van der Waals surface area contributed by atoms with Crippen LogP contribution in [0.3, 0.4) is 0 Å². The molecule has 0 aromatic carbocycles. The van der Waals surface area contributed by atoms with Gasteiger partial charge in [0.1, 0.15) is 0 Å². The first-order chi connectivity index (χ1) is 8.99. The van der Waals surface area contributed by atoms with E-state index in [9.17, 15) is 14.7 Å². The molecule has 0 spiro atoms. The predicted octanol–water partition coefficient (Wildman–Crippen LogP) is 2.65. The summed E-state index contributed by atoms with van der Waals surface area (Å²) in [6, 6.07) is 0. The largest absolute Gasteiger partial charge is 0.466 e. The third-order valence-electron chi connectivity index (χ3n) is 2.78. The third-order valence-corrected chi connectivity index (χ3v) is 3.38. The van der Waals surface area contributed by atoms with E-state index < -0.39 is 6.10 Å². The van der Waals surface area contributed by atoms with Crippen LogP contribution >= 0.6 is 15.9 Å². The maximum absolute atomic E-state index is 11.5. The Balaban J connectivity index is 2.21. The minimum absolute atomic E-state index is 0.0210. The first-order valence-electron chi connectivity index (χ1n) is 6.39. The molecule has 1 rings (SSSR count). The van der Waals surface area contributed by atoms with Gasteiger partial charge in [0, 0.05) is 19.8 Å². The Bertz CT molecular complexity index is 398. The maximum Gasteiger partial charge on any atom is 0.302 e. The number of esters is 1. The molecule has 0 fully saturated rings. The first kappa shape index (κ1) is 16.1. The van der Waals surface area contributed by atoms with Gasteiger partial charge in [-0.05, 0) is 35.4 Å². The zero-order chi connectivity index (χ0) is 14.3. The van der Waals surface area contributed by atoms with Crippen LogP contribution in [0.25, 0.3) is 0 Å². The summed E-state index contributed by atoms with van der Waals surface area (Å²) < 4.78 is 5.78. The first-order valence-corrected chi connectivity index (χ1v) is 7.18. The Morgan fingerprint density at radius 3 is 2.89 bits per heavy atom. The van der Waals surface area contributed by atoms with Crippen LogP contribution in [0.5, 0.6) is 0 Å². The number of halogens is 1. The van der Waals surface area contributed by atoms with E-state index in [1.54, 1.807) is 6.08 Å². The molecule has 19 heavy (non-hydrogen) atoms. The van der Waals surface area contributed by atoms with Crippen LogP contribution in [0.1, 0.15) is 39.0 Å². The zero-order valence-corrected chi connectivity index (χ0v) is 12.6. The van der Waals surface area contributed by atoms with Gasteiger partial charge in [0.25, 0.3) is 0 Å². The van der Waals surface area contributed by atoms with E-state index in [0.717, 1.165) is 23.7 Å². The van der Waals surface area contributed by atoms with Crippen molar-refractivity contribution in [1.29, 1.82) is 0 Å². The fourth-order valence-electron chi connectivity index (χ4n) is 1.84. The van der Waals surface area contributed by atoms with E-state index >= 15 is 0 Å². The number of aliphatic hydroxyl groups is 1. The number of hydrogen-bond acceptors (Lipinski definition) is 4. The quantitative estimate of drug-likeness (QED) is 0.575. The summed E-state index contributed by atoms with van der Waals surface area (Å²) in [5.74, 6) is -0.227. The average molecular weight is 331 g/mol.